The van der Waals surface area contributed by atoms with Gasteiger partial charge in [-0.05, 0) is 108 Å². The Morgan fingerprint density at radius 3 is 2.21 bits per heavy atom. The second kappa shape index (κ2) is 17.9. The van der Waals surface area contributed by atoms with Crippen LogP contribution in [0.2, 0.25) is 20.1 Å². The zero-order chi connectivity index (χ0) is 35.7. The Morgan fingerprint density at radius 2 is 1.60 bits per heavy atom. The third-order valence-corrected chi connectivity index (χ3v) is 9.45. The lowest BCUT2D eigenvalue weighted by atomic mass is 10.2. The maximum atomic E-state index is 13.3. The number of ether oxygens (including phenoxy) is 1. The van der Waals surface area contributed by atoms with Crippen molar-refractivity contribution in [3.63, 3.8) is 0 Å². The molecule has 1 atom stereocenters. The van der Waals surface area contributed by atoms with Crippen molar-refractivity contribution in [1.82, 2.24) is 5.06 Å². The van der Waals surface area contributed by atoms with Gasteiger partial charge in [0.1, 0.15) is 11.5 Å². The van der Waals surface area contributed by atoms with E-state index in [0.29, 0.717) is 58.1 Å². The van der Waals surface area contributed by atoms with Crippen molar-refractivity contribution >= 4 is 97.6 Å². The molecule has 0 spiro atoms. The number of rotatable bonds is 7. The van der Waals surface area contributed by atoms with E-state index in [4.69, 9.17) is 62.4 Å². The lowest BCUT2D eigenvalue weighted by Crippen LogP contribution is -2.40. The van der Waals surface area contributed by atoms with E-state index in [-0.39, 0.29) is 11.8 Å². The van der Waals surface area contributed by atoms with Gasteiger partial charge in [-0.1, -0.05) is 70.2 Å². The number of anilines is 2. The monoisotopic (exact) mass is 811 g/mol. The molecule has 0 aliphatic rings. The van der Waals surface area contributed by atoms with Crippen LogP contribution in [0.5, 0.6) is 11.5 Å². The Kier molecular flexibility index (Phi) is 14.6. The Labute approximate surface area is 312 Å². The summed E-state index contributed by atoms with van der Waals surface area (Å²) in [5, 5.41) is 16.1. The summed E-state index contributed by atoms with van der Waals surface area (Å²) in [5.41, 5.74) is 2.37. The Balaban J connectivity index is 0.000000348. The predicted molar refractivity (Wildman–Crippen MR) is 199 cm³/mol. The minimum Gasteiger partial charge on any atom is -0.506 e. The van der Waals surface area contributed by atoms with Crippen LogP contribution in [-0.4, -0.2) is 42.5 Å². The lowest BCUT2D eigenvalue weighted by Gasteiger charge is -2.26. The molecule has 8 nitrogen and oxygen atoms in total. The summed E-state index contributed by atoms with van der Waals surface area (Å²) in [6, 6.07) is 17.6. The predicted octanol–water partition coefficient (Wildman–Crippen LogP) is 11.3. The number of nitrogens with zero attached hydrogens (tertiary/aromatic N) is 2. The molecule has 0 bridgehead atoms. The smallest absolute Gasteiger partial charge is 0.420 e. The Morgan fingerprint density at radius 1 is 0.958 bits per heavy atom. The molecule has 4 aromatic rings. The van der Waals surface area contributed by atoms with E-state index in [2.05, 4.69) is 27.2 Å². The number of terminal acetylenes is 1. The molecule has 0 aromatic heterocycles. The number of hydroxylamine groups is 2. The molecular formula is C34H30BrCl4N3O5S. The zero-order valence-electron chi connectivity index (χ0n) is 26.3. The molecule has 4 aromatic carbocycles. The maximum Gasteiger partial charge on any atom is 0.420 e. The number of carbonyl (C=O) groups excluding carboxylic acids is 2. The number of aryl methyl sites for hydroxylation is 2. The summed E-state index contributed by atoms with van der Waals surface area (Å²) in [4.78, 5) is 31.8. The molecule has 48 heavy (non-hydrogen) atoms. The third kappa shape index (κ3) is 10.6. The summed E-state index contributed by atoms with van der Waals surface area (Å²) < 4.78 is 6.62. The molecule has 0 aliphatic carbocycles. The van der Waals surface area contributed by atoms with Crippen molar-refractivity contribution < 1.29 is 24.3 Å². The number of hydrogen-bond donors (Lipinski definition) is 2. The summed E-state index contributed by atoms with van der Waals surface area (Å²) in [6.07, 6.45) is 4.93. The third-order valence-electron chi connectivity index (χ3n) is 6.49. The first kappa shape index (κ1) is 39.2. The van der Waals surface area contributed by atoms with Crippen LogP contribution in [0.3, 0.4) is 0 Å². The highest BCUT2D eigenvalue weighted by molar-refractivity contribution is 9.10. The van der Waals surface area contributed by atoms with Crippen LogP contribution in [0.25, 0.3) is 0 Å². The Hall–Kier alpha value is -3.27. The SMILES string of the molecule is C#CC(C)N(C(=O)Oc1c(C)cc(Cl)cc1Sc1cc(Cl)cc(C)c1O)c1cccc(Cl)c1.CON(C)C(=O)Nc1ccc(Br)c(Cl)c1. The highest BCUT2D eigenvalue weighted by atomic mass is 79.9. The van der Waals surface area contributed by atoms with Crippen LogP contribution in [0, 0.1) is 26.2 Å². The van der Waals surface area contributed by atoms with Crippen molar-refractivity contribution in [1.29, 1.82) is 0 Å². The minimum atomic E-state index is -0.679. The highest BCUT2D eigenvalue weighted by Gasteiger charge is 2.26. The molecule has 2 N–H and O–H groups in total. The van der Waals surface area contributed by atoms with E-state index >= 15 is 0 Å². The zero-order valence-corrected chi connectivity index (χ0v) is 31.7. The van der Waals surface area contributed by atoms with Crippen LogP contribution in [-0.2, 0) is 4.84 Å². The maximum absolute atomic E-state index is 13.3. The molecule has 0 aliphatic heterocycles. The van der Waals surface area contributed by atoms with Gasteiger partial charge in [0.25, 0.3) is 0 Å². The van der Waals surface area contributed by atoms with E-state index in [1.54, 1.807) is 87.5 Å². The molecule has 252 valence electrons. The van der Waals surface area contributed by atoms with E-state index < -0.39 is 12.1 Å². The van der Waals surface area contributed by atoms with Gasteiger partial charge in [0.05, 0.1) is 28.0 Å². The summed E-state index contributed by atoms with van der Waals surface area (Å²) in [5.74, 6) is 2.93. The van der Waals surface area contributed by atoms with Crippen LogP contribution in [0.4, 0.5) is 21.0 Å². The summed E-state index contributed by atoms with van der Waals surface area (Å²) >= 11 is 28.9. The number of nitrogens with one attached hydrogen (secondary N) is 1. The lowest BCUT2D eigenvalue weighted by molar-refractivity contribution is -0.0598. The number of urea groups is 1. The van der Waals surface area contributed by atoms with Gasteiger partial charge in [0.2, 0.25) is 0 Å². The van der Waals surface area contributed by atoms with Crippen LogP contribution in [0.15, 0.2) is 81.0 Å². The van der Waals surface area contributed by atoms with E-state index in [1.165, 1.54) is 30.8 Å². The number of benzene rings is 4. The molecule has 0 heterocycles. The van der Waals surface area contributed by atoms with Crippen LogP contribution in [0.1, 0.15) is 18.1 Å². The van der Waals surface area contributed by atoms with Crippen LogP contribution < -0.4 is 15.0 Å². The summed E-state index contributed by atoms with van der Waals surface area (Å²) in [7, 11) is 2.92. The number of amides is 3. The van der Waals surface area contributed by atoms with Gasteiger partial charge in [0, 0.05) is 38.0 Å². The number of halogens is 5. The first-order valence-electron chi connectivity index (χ1n) is 13.9. The first-order valence-corrected chi connectivity index (χ1v) is 17.0. The largest absolute Gasteiger partial charge is 0.506 e. The van der Waals surface area contributed by atoms with Gasteiger partial charge in [-0.2, -0.15) is 0 Å². The number of phenols is 1. The molecular weight excluding hydrogens is 784 g/mol. The number of carbonyl (C=O) groups is 2. The highest BCUT2D eigenvalue weighted by Crippen LogP contribution is 2.44. The quantitative estimate of drug-likeness (QED) is 0.143. The topological polar surface area (TPSA) is 91.3 Å². The fourth-order valence-corrected chi connectivity index (χ4v) is 6.44. The van der Waals surface area contributed by atoms with Gasteiger partial charge >= 0.3 is 12.1 Å². The molecule has 0 fully saturated rings. The fourth-order valence-electron chi connectivity index (χ4n) is 3.99. The number of hydrogen-bond acceptors (Lipinski definition) is 6. The van der Waals surface area contributed by atoms with Crippen molar-refractivity contribution in [3.8, 4) is 23.8 Å². The number of phenolic OH excluding ortho intramolecular Hbond substituents is 1. The normalized spacial score (nSPS) is 11.0. The standard InChI is InChI=1S/C25H20Cl3NO3S.C9H10BrClN2O2/c1-5-16(4)29(20-8-6-7-17(26)11-20)25(31)32-24-15(3)10-19(28)13-22(24)33-21-12-18(27)9-14(2)23(21)30;1-13(15-2)9(14)12-6-3-4-7(10)8(11)5-6/h1,6-13,16,30H,2-4H3;3-5H,1-2H3,(H,12,14). The average Bonchev–Trinajstić information content (AvgIpc) is 3.03. The second-order valence-electron chi connectivity index (χ2n) is 10.0. The van der Waals surface area contributed by atoms with Gasteiger partial charge in [-0.3, -0.25) is 9.74 Å². The molecule has 3 amide bonds. The van der Waals surface area contributed by atoms with Crippen molar-refractivity contribution in [2.24, 2.45) is 0 Å². The fraction of sp³-hybridized carbons (Fsp3) is 0.176. The van der Waals surface area contributed by atoms with Crippen molar-refractivity contribution in [2.45, 2.75) is 36.6 Å². The van der Waals surface area contributed by atoms with Crippen molar-refractivity contribution in [2.75, 3.05) is 24.4 Å². The van der Waals surface area contributed by atoms with Gasteiger partial charge < -0.3 is 15.2 Å². The Bertz CT molecular complexity index is 1860. The average molecular weight is 814 g/mol. The molecule has 1 unspecified atom stereocenters. The molecule has 0 saturated carbocycles. The van der Waals surface area contributed by atoms with Crippen LogP contribution >= 0.6 is 74.1 Å². The summed E-state index contributed by atoms with van der Waals surface area (Å²) in [6.45, 7) is 5.23. The molecule has 4 rings (SSSR count). The van der Waals surface area contributed by atoms with E-state index in [0.717, 1.165) is 9.54 Å². The number of aromatic hydroxyl groups is 1. The minimum absolute atomic E-state index is 0.0841. The first-order chi connectivity index (χ1) is 22.6. The van der Waals surface area contributed by atoms with Gasteiger partial charge in [0.15, 0.2) is 0 Å². The molecule has 0 saturated heterocycles. The van der Waals surface area contributed by atoms with Crippen molar-refractivity contribution in [3.05, 3.63) is 102 Å². The van der Waals surface area contributed by atoms with E-state index in [1.807, 2.05) is 0 Å². The molecule has 0 radical (unpaired) electrons. The van der Waals surface area contributed by atoms with E-state index in [9.17, 15) is 14.7 Å². The van der Waals surface area contributed by atoms with Gasteiger partial charge in [-0.15, -0.1) is 6.42 Å². The van der Waals surface area contributed by atoms with Gasteiger partial charge in [-0.25, -0.2) is 14.7 Å². The molecule has 14 heteroatoms. The second-order valence-corrected chi connectivity index (χ2v) is 13.7.